The van der Waals surface area contributed by atoms with E-state index in [1.165, 1.54) is 7.11 Å². The summed E-state index contributed by atoms with van der Waals surface area (Å²) in [5, 5.41) is 6.81. The molecule has 0 saturated carbocycles. The van der Waals surface area contributed by atoms with Gasteiger partial charge in [-0.15, -0.1) is 0 Å². The van der Waals surface area contributed by atoms with E-state index in [4.69, 9.17) is 16.3 Å². The first-order chi connectivity index (χ1) is 11.4. The Bertz CT molecular complexity index is 735. The molecule has 0 amide bonds. The Hall–Kier alpha value is -2.34. The van der Waals surface area contributed by atoms with Crippen LogP contribution in [0.3, 0.4) is 0 Å². The predicted molar refractivity (Wildman–Crippen MR) is 96.2 cm³/mol. The average Bonchev–Trinajstić information content (AvgIpc) is 2.53. The second-order valence-electron chi connectivity index (χ2n) is 5.80. The zero-order valence-electron chi connectivity index (χ0n) is 14.2. The van der Waals surface area contributed by atoms with Crippen molar-refractivity contribution in [3.8, 4) is 0 Å². The molecule has 6 nitrogen and oxygen atoms in total. The third kappa shape index (κ3) is 4.83. The van der Waals surface area contributed by atoms with Crippen LogP contribution in [-0.2, 0) is 4.74 Å². The van der Waals surface area contributed by atoms with Crippen LogP contribution in [0.2, 0.25) is 5.02 Å². The van der Waals surface area contributed by atoms with E-state index >= 15 is 0 Å². The number of nitrogens with one attached hydrogen (secondary N) is 2. The van der Waals surface area contributed by atoms with E-state index in [1.807, 2.05) is 13.0 Å². The van der Waals surface area contributed by atoms with Gasteiger partial charge in [0.15, 0.2) is 0 Å². The summed E-state index contributed by atoms with van der Waals surface area (Å²) in [6.45, 7) is 6.89. The van der Waals surface area contributed by atoms with Crippen LogP contribution in [0.1, 0.15) is 29.9 Å². The lowest BCUT2D eigenvalue weighted by Gasteiger charge is -2.12. The quantitative estimate of drug-likeness (QED) is 0.767. The second-order valence-corrected chi connectivity index (χ2v) is 6.21. The first-order valence-corrected chi connectivity index (χ1v) is 8.01. The lowest BCUT2D eigenvalue weighted by atomic mass is 10.2. The van der Waals surface area contributed by atoms with Crippen LogP contribution < -0.4 is 10.6 Å². The number of aryl methyl sites for hydroxylation is 1. The highest BCUT2D eigenvalue weighted by Crippen LogP contribution is 2.26. The van der Waals surface area contributed by atoms with Gasteiger partial charge in [-0.05, 0) is 31.0 Å². The number of hydrogen-bond donors (Lipinski definition) is 2. The van der Waals surface area contributed by atoms with Gasteiger partial charge in [-0.2, -0.15) is 4.98 Å². The van der Waals surface area contributed by atoms with E-state index in [2.05, 4.69) is 34.4 Å². The molecule has 7 heteroatoms. The van der Waals surface area contributed by atoms with E-state index < -0.39 is 5.97 Å². The van der Waals surface area contributed by atoms with Crippen LogP contribution >= 0.6 is 11.6 Å². The largest absolute Gasteiger partial charge is 0.465 e. The number of carbonyl (C=O) groups is 1. The highest BCUT2D eigenvalue weighted by molar-refractivity contribution is 6.33. The normalized spacial score (nSPS) is 10.6. The first kappa shape index (κ1) is 18.0. The maximum Gasteiger partial charge on any atom is 0.337 e. The molecule has 0 aliphatic rings. The molecule has 0 spiro atoms. The maximum atomic E-state index is 11.7. The number of nitrogens with zero attached hydrogens (tertiary/aromatic N) is 2. The zero-order chi connectivity index (χ0) is 17.7. The van der Waals surface area contributed by atoms with Crippen molar-refractivity contribution in [3.63, 3.8) is 0 Å². The molecule has 24 heavy (non-hydrogen) atoms. The number of anilines is 3. The number of methoxy groups -OCH3 is 1. The monoisotopic (exact) mass is 348 g/mol. The molecule has 0 atom stereocenters. The Morgan fingerprint density at radius 3 is 2.71 bits per heavy atom. The summed E-state index contributed by atoms with van der Waals surface area (Å²) >= 11 is 6.20. The van der Waals surface area contributed by atoms with Gasteiger partial charge in [0.05, 0.1) is 23.4 Å². The van der Waals surface area contributed by atoms with Crippen molar-refractivity contribution in [2.75, 3.05) is 24.3 Å². The molecule has 0 aliphatic carbocycles. The van der Waals surface area contributed by atoms with Crippen molar-refractivity contribution in [1.82, 2.24) is 9.97 Å². The van der Waals surface area contributed by atoms with Crippen molar-refractivity contribution in [1.29, 1.82) is 0 Å². The Balaban J connectivity index is 2.25. The van der Waals surface area contributed by atoms with E-state index in [0.29, 0.717) is 34.0 Å². The lowest BCUT2D eigenvalue weighted by molar-refractivity contribution is 0.0601. The second kappa shape index (κ2) is 7.97. The molecule has 1 aromatic heterocycles. The van der Waals surface area contributed by atoms with Crippen molar-refractivity contribution in [2.45, 2.75) is 20.8 Å². The van der Waals surface area contributed by atoms with Crippen LogP contribution in [0.15, 0.2) is 24.3 Å². The maximum absolute atomic E-state index is 11.7. The number of aromatic nitrogens is 2. The van der Waals surface area contributed by atoms with Crippen LogP contribution in [0, 0.1) is 12.8 Å². The molecule has 2 N–H and O–H groups in total. The predicted octanol–water partition coefficient (Wildman–Crippen LogP) is 4.04. The van der Waals surface area contributed by atoms with Crippen LogP contribution in [0.25, 0.3) is 0 Å². The van der Waals surface area contributed by atoms with Crippen LogP contribution in [-0.4, -0.2) is 29.6 Å². The van der Waals surface area contributed by atoms with Gasteiger partial charge in [-0.3, -0.25) is 0 Å². The molecule has 128 valence electrons. The van der Waals surface area contributed by atoms with Crippen molar-refractivity contribution >= 4 is 35.0 Å². The Kier molecular flexibility index (Phi) is 5.98. The third-order valence-electron chi connectivity index (χ3n) is 3.17. The molecule has 1 aromatic carbocycles. The topological polar surface area (TPSA) is 76.1 Å². The summed E-state index contributed by atoms with van der Waals surface area (Å²) in [6.07, 6.45) is 0. The van der Waals surface area contributed by atoms with Gasteiger partial charge in [0, 0.05) is 18.3 Å². The molecule has 0 saturated heterocycles. The fourth-order valence-electron chi connectivity index (χ4n) is 2.01. The Morgan fingerprint density at radius 2 is 2.04 bits per heavy atom. The summed E-state index contributed by atoms with van der Waals surface area (Å²) in [5.74, 6) is 1.20. The van der Waals surface area contributed by atoms with Gasteiger partial charge in [0.1, 0.15) is 5.82 Å². The summed E-state index contributed by atoms with van der Waals surface area (Å²) in [6, 6.07) is 6.69. The lowest BCUT2D eigenvalue weighted by Crippen LogP contribution is -2.12. The standard InChI is InChI=1S/C17H21ClN4O2/c1-10(2)9-19-17-20-11(3)7-15(22-17)21-14-8-12(16(23)24-4)5-6-13(14)18/h5-8,10H,9H2,1-4H3,(H2,19,20,21,22). The fraction of sp³-hybridized carbons (Fsp3) is 0.353. The number of benzene rings is 1. The third-order valence-corrected chi connectivity index (χ3v) is 3.50. The number of carbonyl (C=O) groups excluding carboxylic acids is 1. The van der Waals surface area contributed by atoms with E-state index in [0.717, 1.165) is 12.2 Å². The molecule has 0 unspecified atom stereocenters. The van der Waals surface area contributed by atoms with Crippen molar-refractivity contribution in [3.05, 3.63) is 40.5 Å². The number of esters is 1. The molecular weight excluding hydrogens is 328 g/mol. The van der Waals surface area contributed by atoms with Gasteiger partial charge in [0.2, 0.25) is 5.95 Å². The van der Waals surface area contributed by atoms with E-state index in [1.54, 1.807) is 18.2 Å². The Labute approximate surface area is 146 Å². The molecule has 0 bridgehead atoms. The summed E-state index contributed by atoms with van der Waals surface area (Å²) in [7, 11) is 1.34. The van der Waals surface area contributed by atoms with E-state index in [9.17, 15) is 4.79 Å². The van der Waals surface area contributed by atoms with Crippen LogP contribution in [0.4, 0.5) is 17.5 Å². The first-order valence-electron chi connectivity index (χ1n) is 7.63. The number of halogens is 1. The van der Waals surface area contributed by atoms with Gasteiger partial charge >= 0.3 is 5.97 Å². The highest BCUT2D eigenvalue weighted by Gasteiger charge is 2.10. The molecule has 0 radical (unpaired) electrons. The minimum absolute atomic E-state index is 0.410. The van der Waals surface area contributed by atoms with Gasteiger partial charge < -0.3 is 15.4 Å². The zero-order valence-corrected chi connectivity index (χ0v) is 14.9. The SMILES string of the molecule is COC(=O)c1ccc(Cl)c(Nc2cc(C)nc(NCC(C)C)n2)c1. The molecule has 2 aromatic rings. The fourth-order valence-corrected chi connectivity index (χ4v) is 2.18. The van der Waals surface area contributed by atoms with E-state index in [-0.39, 0.29) is 0 Å². The van der Waals surface area contributed by atoms with Crippen molar-refractivity contribution in [2.24, 2.45) is 5.92 Å². The van der Waals surface area contributed by atoms with Gasteiger partial charge in [-0.1, -0.05) is 25.4 Å². The number of hydrogen-bond acceptors (Lipinski definition) is 6. The smallest absolute Gasteiger partial charge is 0.337 e. The minimum Gasteiger partial charge on any atom is -0.465 e. The molecular formula is C17H21ClN4O2. The summed E-state index contributed by atoms with van der Waals surface area (Å²) in [4.78, 5) is 20.4. The molecule has 2 rings (SSSR count). The van der Waals surface area contributed by atoms with Gasteiger partial charge in [-0.25, -0.2) is 9.78 Å². The highest BCUT2D eigenvalue weighted by atomic mass is 35.5. The van der Waals surface area contributed by atoms with Crippen LogP contribution in [0.5, 0.6) is 0 Å². The molecule has 0 aliphatic heterocycles. The van der Waals surface area contributed by atoms with Gasteiger partial charge in [0.25, 0.3) is 0 Å². The van der Waals surface area contributed by atoms with Crippen molar-refractivity contribution < 1.29 is 9.53 Å². The average molecular weight is 349 g/mol. The summed E-state index contributed by atoms with van der Waals surface area (Å²) < 4.78 is 4.73. The molecule has 1 heterocycles. The number of rotatable bonds is 6. The Morgan fingerprint density at radius 1 is 1.29 bits per heavy atom. The number of ether oxygens (including phenoxy) is 1. The summed E-state index contributed by atoms with van der Waals surface area (Å²) in [5.41, 5.74) is 1.81. The minimum atomic E-state index is -0.423. The molecule has 0 fully saturated rings.